The van der Waals surface area contributed by atoms with E-state index in [4.69, 9.17) is 0 Å². The highest BCUT2D eigenvalue weighted by Crippen LogP contribution is 2.10. The minimum atomic E-state index is -0.293. The maximum Gasteiger partial charge on any atom is 0.269 e. The van der Waals surface area contributed by atoms with Crippen LogP contribution < -0.4 is 10.9 Å². The maximum absolute atomic E-state index is 12.8. The Hall–Kier alpha value is -3.52. The Bertz CT molecular complexity index is 1100. The predicted molar refractivity (Wildman–Crippen MR) is 114 cm³/mol. The standard InChI is InChI=1S/C22H23N5O3/c28-20(24-17-6-2-1-3-7-17)15-25-10-12-26(13-11-25)22(30)16-27-19-9-5-4-8-18(19)23-14-21(27)29/h1-9,14H,10-13,15-16H2,(H,24,28). The van der Waals surface area contributed by atoms with Crippen molar-refractivity contribution in [1.29, 1.82) is 0 Å². The normalized spacial score (nSPS) is 14.6. The minimum Gasteiger partial charge on any atom is -0.339 e. The van der Waals surface area contributed by atoms with E-state index in [2.05, 4.69) is 10.3 Å². The Morgan fingerprint density at radius 2 is 1.60 bits per heavy atom. The van der Waals surface area contributed by atoms with Crippen LogP contribution in [-0.4, -0.2) is 63.9 Å². The smallest absolute Gasteiger partial charge is 0.269 e. The molecular weight excluding hydrogens is 382 g/mol. The maximum atomic E-state index is 12.8. The Kier molecular flexibility index (Phi) is 5.85. The summed E-state index contributed by atoms with van der Waals surface area (Å²) in [5.74, 6) is -0.183. The number of nitrogens with one attached hydrogen (secondary N) is 1. The van der Waals surface area contributed by atoms with Gasteiger partial charge in [0.05, 0.1) is 23.8 Å². The molecule has 2 amide bonds. The first-order valence-electron chi connectivity index (χ1n) is 9.90. The number of rotatable bonds is 5. The molecule has 8 nitrogen and oxygen atoms in total. The molecule has 1 aromatic heterocycles. The van der Waals surface area contributed by atoms with Gasteiger partial charge in [-0.15, -0.1) is 0 Å². The van der Waals surface area contributed by atoms with Crippen molar-refractivity contribution in [1.82, 2.24) is 19.4 Å². The van der Waals surface area contributed by atoms with Crippen molar-refractivity contribution in [2.45, 2.75) is 6.54 Å². The lowest BCUT2D eigenvalue weighted by atomic mass is 10.2. The van der Waals surface area contributed by atoms with Crippen LogP contribution in [0.1, 0.15) is 0 Å². The number of aromatic nitrogens is 2. The van der Waals surface area contributed by atoms with Crippen LogP contribution >= 0.6 is 0 Å². The summed E-state index contributed by atoms with van der Waals surface area (Å²) in [4.78, 5) is 45.1. The zero-order valence-corrected chi connectivity index (χ0v) is 16.5. The van der Waals surface area contributed by atoms with Gasteiger partial charge >= 0.3 is 0 Å². The molecule has 30 heavy (non-hydrogen) atoms. The number of carbonyl (C=O) groups excluding carboxylic acids is 2. The molecule has 2 aromatic carbocycles. The second-order valence-corrected chi connectivity index (χ2v) is 7.24. The van der Waals surface area contributed by atoms with Crippen molar-refractivity contribution in [2.24, 2.45) is 0 Å². The Labute approximate surface area is 173 Å². The number of piperazine rings is 1. The lowest BCUT2D eigenvalue weighted by Crippen LogP contribution is -2.51. The second kappa shape index (κ2) is 8.87. The SMILES string of the molecule is O=C(CN1CCN(C(=O)Cn2c(=O)cnc3ccccc32)CC1)Nc1ccccc1. The average Bonchev–Trinajstić information content (AvgIpc) is 2.77. The summed E-state index contributed by atoms with van der Waals surface area (Å²) in [5.41, 5.74) is 1.80. The number of para-hydroxylation sites is 3. The zero-order chi connectivity index (χ0) is 20.9. The monoisotopic (exact) mass is 405 g/mol. The summed E-state index contributed by atoms with van der Waals surface area (Å²) in [6.45, 7) is 2.53. The van der Waals surface area contributed by atoms with E-state index < -0.39 is 0 Å². The van der Waals surface area contributed by atoms with Crippen LogP contribution in [-0.2, 0) is 16.1 Å². The van der Waals surface area contributed by atoms with Crippen molar-refractivity contribution >= 4 is 28.5 Å². The first kappa shape index (κ1) is 19.8. The Balaban J connectivity index is 1.32. The first-order valence-corrected chi connectivity index (χ1v) is 9.90. The topological polar surface area (TPSA) is 87.5 Å². The molecule has 1 aliphatic heterocycles. The lowest BCUT2D eigenvalue weighted by molar-refractivity contribution is -0.133. The number of hydrogen-bond acceptors (Lipinski definition) is 5. The fourth-order valence-electron chi connectivity index (χ4n) is 3.59. The van der Waals surface area contributed by atoms with E-state index in [-0.39, 0.29) is 30.5 Å². The zero-order valence-electron chi connectivity index (χ0n) is 16.5. The van der Waals surface area contributed by atoms with Crippen molar-refractivity contribution < 1.29 is 9.59 Å². The first-order chi connectivity index (χ1) is 14.6. The van der Waals surface area contributed by atoms with Gasteiger partial charge in [0.25, 0.3) is 5.56 Å². The van der Waals surface area contributed by atoms with E-state index in [0.29, 0.717) is 37.2 Å². The highest BCUT2D eigenvalue weighted by atomic mass is 16.2. The van der Waals surface area contributed by atoms with Gasteiger partial charge in [0.15, 0.2) is 0 Å². The van der Waals surface area contributed by atoms with Crippen molar-refractivity contribution in [3.8, 4) is 0 Å². The average molecular weight is 405 g/mol. The molecule has 0 atom stereocenters. The number of benzene rings is 2. The Morgan fingerprint density at radius 1 is 0.900 bits per heavy atom. The van der Waals surface area contributed by atoms with Gasteiger partial charge in [0.2, 0.25) is 11.8 Å². The molecule has 1 N–H and O–H groups in total. The third-order valence-electron chi connectivity index (χ3n) is 5.20. The highest BCUT2D eigenvalue weighted by Gasteiger charge is 2.23. The fraction of sp³-hybridized carbons (Fsp3) is 0.273. The summed E-state index contributed by atoms with van der Waals surface area (Å²) in [6, 6.07) is 16.6. The van der Waals surface area contributed by atoms with Gasteiger partial charge in [-0.05, 0) is 24.3 Å². The number of amides is 2. The number of anilines is 1. The molecule has 1 fully saturated rings. The van der Waals surface area contributed by atoms with Gasteiger partial charge in [-0.2, -0.15) is 0 Å². The molecule has 3 aromatic rings. The molecule has 154 valence electrons. The van der Waals surface area contributed by atoms with Crippen LogP contribution in [0, 0.1) is 0 Å². The molecule has 8 heteroatoms. The molecular formula is C22H23N5O3. The summed E-state index contributed by atoms with van der Waals surface area (Å²) in [7, 11) is 0. The van der Waals surface area contributed by atoms with E-state index in [0.717, 1.165) is 5.69 Å². The van der Waals surface area contributed by atoms with E-state index in [9.17, 15) is 14.4 Å². The highest BCUT2D eigenvalue weighted by molar-refractivity contribution is 5.92. The number of fused-ring (bicyclic) bond motifs is 1. The van der Waals surface area contributed by atoms with Crippen LogP contribution in [0.3, 0.4) is 0 Å². The van der Waals surface area contributed by atoms with Crippen LogP contribution in [0.5, 0.6) is 0 Å². The Morgan fingerprint density at radius 3 is 2.37 bits per heavy atom. The van der Waals surface area contributed by atoms with Crippen molar-refractivity contribution in [3.05, 3.63) is 71.1 Å². The van der Waals surface area contributed by atoms with Crippen LogP contribution in [0.4, 0.5) is 5.69 Å². The van der Waals surface area contributed by atoms with Gasteiger partial charge < -0.3 is 10.2 Å². The molecule has 1 saturated heterocycles. The van der Waals surface area contributed by atoms with Gasteiger partial charge in [0, 0.05) is 31.9 Å². The largest absolute Gasteiger partial charge is 0.339 e. The molecule has 0 unspecified atom stereocenters. The number of carbonyl (C=O) groups is 2. The molecule has 0 spiro atoms. The third kappa shape index (κ3) is 4.55. The minimum absolute atomic E-state index is 0.0175. The summed E-state index contributed by atoms with van der Waals surface area (Å²) in [5, 5.41) is 2.87. The van der Waals surface area contributed by atoms with Gasteiger partial charge in [-0.25, -0.2) is 4.98 Å². The molecule has 0 radical (unpaired) electrons. The molecule has 2 heterocycles. The molecule has 0 aliphatic carbocycles. The molecule has 0 saturated carbocycles. The van der Waals surface area contributed by atoms with Gasteiger partial charge in [-0.3, -0.25) is 23.9 Å². The second-order valence-electron chi connectivity index (χ2n) is 7.24. The quantitative estimate of drug-likeness (QED) is 0.689. The summed E-state index contributed by atoms with van der Waals surface area (Å²) in [6.07, 6.45) is 1.25. The summed E-state index contributed by atoms with van der Waals surface area (Å²) >= 11 is 0. The third-order valence-corrected chi connectivity index (χ3v) is 5.20. The van der Waals surface area contributed by atoms with Crippen LogP contribution in [0.25, 0.3) is 11.0 Å². The van der Waals surface area contributed by atoms with E-state index in [1.807, 2.05) is 53.4 Å². The van der Waals surface area contributed by atoms with Crippen molar-refractivity contribution in [3.63, 3.8) is 0 Å². The lowest BCUT2D eigenvalue weighted by Gasteiger charge is -2.34. The van der Waals surface area contributed by atoms with Crippen LogP contribution in [0.15, 0.2) is 65.6 Å². The molecule has 0 bridgehead atoms. The van der Waals surface area contributed by atoms with E-state index in [1.165, 1.54) is 10.8 Å². The van der Waals surface area contributed by atoms with E-state index in [1.54, 1.807) is 11.0 Å². The predicted octanol–water partition coefficient (Wildman–Crippen LogP) is 1.18. The summed E-state index contributed by atoms with van der Waals surface area (Å²) < 4.78 is 1.46. The molecule has 1 aliphatic rings. The number of hydrogen-bond donors (Lipinski definition) is 1. The van der Waals surface area contributed by atoms with Gasteiger partial charge in [0.1, 0.15) is 6.54 Å². The number of nitrogens with zero attached hydrogens (tertiary/aromatic N) is 4. The fourth-order valence-corrected chi connectivity index (χ4v) is 3.59. The molecule has 4 rings (SSSR count). The van der Waals surface area contributed by atoms with Gasteiger partial charge in [-0.1, -0.05) is 30.3 Å². The van der Waals surface area contributed by atoms with Crippen molar-refractivity contribution in [2.75, 3.05) is 38.0 Å². The van der Waals surface area contributed by atoms with Crippen LogP contribution in [0.2, 0.25) is 0 Å². The van der Waals surface area contributed by atoms with E-state index >= 15 is 0 Å².